The van der Waals surface area contributed by atoms with E-state index in [-0.39, 0.29) is 17.6 Å². The van der Waals surface area contributed by atoms with Crippen LogP contribution in [-0.2, 0) is 10.3 Å². The van der Waals surface area contributed by atoms with Crippen molar-refractivity contribution in [3.63, 3.8) is 0 Å². The Morgan fingerprint density at radius 1 is 0.978 bits per heavy atom. The minimum absolute atomic E-state index is 0.0958. The molecule has 0 spiro atoms. The molecule has 4 unspecified atom stereocenters. The highest BCUT2D eigenvalue weighted by Crippen LogP contribution is 2.40. The molecule has 0 radical (unpaired) electrons. The summed E-state index contributed by atoms with van der Waals surface area (Å²) in [5.74, 6) is -0.321. The monoisotopic (exact) mass is 633 g/mol. The Labute approximate surface area is 267 Å². The van der Waals surface area contributed by atoms with Gasteiger partial charge in [-0.1, -0.05) is 13.0 Å². The van der Waals surface area contributed by atoms with Gasteiger partial charge in [-0.2, -0.15) is 5.10 Å². The third-order valence-corrected chi connectivity index (χ3v) is 9.26. The maximum Gasteiger partial charge on any atom is 0.350 e. The predicted octanol–water partition coefficient (Wildman–Crippen LogP) is 5.30. The number of aromatic nitrogens is 3. The van der Waals surface area contributed by atoms with Crippen molar-refractivity contribution in [1.29, 1.82) is 0 Å². The molecule has 6 rings (SSSR count). The van der Waals surface area contributed by atoms with Gasteiger partial charge in [-0.15, -0.1) is 0 Å². The van der Waals surface area contributed by atoms with Crippen molar-refractivity contribution < 1.29 is 23.4 Å². The van der Waals surface area contributed by atoms with Gasteiger partial charge in [-0.3, -0.25) is 0 Å². The zero-order valence-corrected chi connectivity index (χ0v) is 26.5. The molecule has 46 heavy (non-hydrogen) atoms. The maximum atomic E-state index is 14.4. The first-order chi connectivity index (χ1) is 22.1. The smallest absolute Gasteiger partial charge is 0.350 e. The van der Waals surface area contributed by atoms with Crippen LogP contribution in [0.15, 0.2) is 77.9 Å². The second-order valence-electron chi connectivity index (χ2n) is 12.5. The van der Waals surface area contributed by atoms with E-state index in [0.29, 0.717) is 31.6 Å². The molecule has 9 nitrogen and oxygen atoms in total. The first-order valence-electron chi connectivity index (χ1n) is 15.9. The van der Waals surface area contributed by atoms with E-state index < -0.39 is 23.3 Å². The molecule has 3 aromatic carbocycles. The van der Waals surface area contributed by atoms with E-state index in [2.05, 4.69) is 27.0 Å². The van der Waals surface area contributed by atoms with Crippen LogP contribution in [-0.4, -0.2) is 65.0 Å². The van der Waals surface area contributed by atoms with E-state index in [1.165, 1.54) is 27.7 Å². The molecule has 0 saturated carbocycles. The molecule has 0 amide bonds. The van der Waals surface area contributed by atoms with E-state index in [0.717, 1.165) is 55.1 Å². The second-order valence-corrected chi connectivity index (χ2v) is 12.5. The van der Waals surface area contributed by atoms with Gasteiger partial charge in [0.15, 0.2) is 0 Å². The lowest BCUT2D eigenvalue weighted by Crippen LogP contribution is -2.46. The molecule has 4 atom stereocenters. The normalized spacial score (nSPS) is 21.4. The Hall–Kier alpha value is -4.22. The number of hydrogen-bond donors (Lipinski definition) is 1. The van der Waals surface area contributed by atoms with Crippen molar-refractivity contribution in [2.24, 2.45) is 5.92 Å². The minimum Gasteiger partial charge on any atom is -0.493 e. The number of ether oxygens (including phenoxy) is 2. The SMILES string of the molecule is CCC(C(C)O)n1ncn(-c2ccc(N3CCN(c4ccc(OCC5COC(C)(c6ccc(F)cc6F)C5)cc4)CC3)cc2)c1=O. The molecule has 2 fully saturated rings. The van der Waals surface area contributed by atoms with Gasteiger partial charge in [0, 0.05) is 55.1 Å². The van der Waals surface area contributed by atoms with Crippen molar-refractivity contribution >= 4 is 11.4 Å². The molecule has 2 saturated heterocycles. The number of aliphatic hydroxyl groups excluding tert-OH is 1. The Balaban J connectivity index is 0.994. The first kappa shape index (κ1) is 31.7. The molecule has 11 heteroatoms. The zero-order valence-electron chi connectivity index (χ0n) is 26.5. The fourth-order valence-corrected chi connectivity index (χ4v) is 6.64. The summed E-state index contributed by atoms with van der Waals surface area (Å²) in [6.07, 6.45) is 2.04. The summed E-state index contributed by atoms with van der Waals surface area (Å²) in [5, 5.41) is 14.3. The first-order valence-corrected chi connectivity index (χ1v) is 15.9. The van der Waals surface area contributed by atoms with Crippen LogP contribution in [0, 0.1) is 17.6 Å². The number of benzene rings is 3. The topological polar surface area (TPSA) is 85.0 Å². The Morgan fingerprint density at radius 2 is 1.59 bits per heavy atom. The summed E-state index contributed by atoms with van der Waals surface area (Å²) in [6, 6.07) is 19.3. The largest absolute Gasteiger partial charge is 0.493 e. The Morgan fingerprint density at radius 3 is 2.17 bits per heavy atom. The number of rotatable bonds is 10. The molecule has 0 bridgehead atoms. The lowest BCUT2D eigenvalue weighted by Gasteiger charge is -2.37. The molecular formula is C35H41F2N5O4. The van der Waals surface area contributed by atoms with Gasteiger partial charge in [0.05, 0.1) is 36.6 Å². The van der Waals surface area contributed by atoms with Crippen LogP contribution in [0.25, 0.3) is 5.69 Å². The fraction of sp³-hybridized carbons (Fsp3) is 0.429. The van der Waals surface area contributed by atoms with E-state index in [1.807, 2.05) is 50.2 Å². The van der Waals surface area contributed by atoms with Crippen molar-refractivity contribution in [1.82, 2.24) is 14.3 Å². The number of anilines is 2. The van der Waals surface area contributed by atoms with Crippen molar-refractivity contribution in [2.75, 3.05) is 49.2 Å². The molecular weight excluding hydrogens is 592 g/mol. The predicted molar refractivity (Wildman–Crippen MR) is 173 cm³/mol. The maximum absolute atomic E-state index is 14.4. The third-order valence-electron chi connectivity index (χ3n) is 9.26. The van der Waals surface area contributed by atoms with Crippen LogP contribution in [0.2, 0.25) is 0 Å². The van der Waals surface area contributed by atoms with Crippen LogP contribution in [0.3, 0.4) is 0 Å². The molecule has 1 N–H and O–H groups in total. The van der Waals surface area contributed by atoms with E-state index in [4.69, 9.17) is 9.47 Å². The van der Waals surface area contributed by atoms with Crippen LogP contribution >= 0.6 is 0 Å². The molecule has 3 heterocycles. The van der Waals surface area contributed by atoms with Gasteiger partial charge in [-0.25, -0.2) is 22.8 Å². The van der Waals surface area contributed by atoms with Crippen molar-refractivity contribution in [3.05, 3.63) is 101 Å². The fourth-order valence-electron chi connectivity index (χ4n) is 6.64. The summed E-state index contributed by atoms with van der Waals surface area (Å²) < 4.78 is 42.6. The van der Waals surface area contributed by atoms with Crippen LogP contribution < -0.4 is 20.2 Å². The van der Waals surface area contributed by atoms with Gasteiger partial charge in [0.25, 0.3) is 0 Å². The summed E-state index contributed by atoms with van der Waals surface area (Å²) in [7, 11) is 0. The second kappa shape index (κ2) is 13.3. The molecule has 244 valence electrons. The van der Waals surface area contributed by atoms with E-state index in [1.54, 1.807) is 6.92 Å². The Kier molecular flexibility index (Phi) is 9.15. The lowest BCUT2D eigenvalue weighted by molar-refractivity contribution is 0.0121. The molecule has 1 aromatic heterocycles. The average molecular weight is 634 g/mol. The van der Waals surface area contributed by atoms with Crippen molar-refractivity contribution in [3.8, 4) is 11.4 Å². The summed E-state index contributed by atoms with van der Waals surface area (Å²) in [5.41, 5.74) is 2.26. The third kappa shape index (κ3) is 6.52. The van der Waals surface area contributed by atoms with Crippen LogP contribution in [0.4, 0.5) is 20.2 Å². The van der Waals surface area contributed by atoms with Gasteiger partial charge in [-0.05, 0) is 81.3 Å². The van der Waals surface area contributed by atoms with Crippen LogP contribution in [0.5, 0.6) is 5.75 Å². The van der Waals surface area contributed by atoms with Crippen molar-refractivity contribution in [2.45, 2.75) is 51.4 Å². The summed E-state index contributed by atoms with van der Waals surface area (Å²) >= 11 is 0. The van der Waals surface area contributed by atoms with E-state index in [9.17, 15) is 18.7 Å². The number of hydrogen-bond acceptors (Lipinski definition) is 7. The number of halogens is 2. The molecule has 2 aliphatic heterocycles. The zero-order chi connectivity index (χ0) is 32.4. The number of piperazine rings is 1. The molecule has 0 aliphatic carbocycles. The standard InChI is InChI=1S/C35H41F2N5O4/c1-4-33(24(2)43)42-34(44)41(23-38-42)29-8-6-27(7-9-29)39-15-17-40(18-16-39)28-10-12-30(13-11-28)45-21-25-20-35(3,46-22-25)31-14-5-26(36)19-32(31)37/h5-14,19,23-25,33,43H,4,15-18,20-22H2,1-3H3. The molecule has 4 aromatic rings. The number of aliphatic hydroxyl groups is 1. The average Bonchev–Trinajstić information content (AvgIpc) is 3.63. The van der Waals surface area contributed by atoms with E-state index >= 15 is 0 Å². The van der Waals surface area contributed by atoms with Gasteiger partial charge in [0.2, 0.25) is 0 Å². The quantitative estimate of drug-likeness (QED) is 0.254. The van der Waals surface area contributed by atoms with Gasteiger partial charge < -0.3 is 24.4 Å². The highest BCUT2D eigenvalue weighted by Gasteiger charge is 2.40. The number of nitrogens with zero attached hydrogens (tertiary/aromatic N) is 5. The highest BCUT2D eigenvalue weighted by atomic mass is 19.1. The summed E-state index contributed by atoms with van der Waals surface area (Å²) in [6.45, 7) is 9.79. The molecule has 2 aliphatic rings. The highest BCUT2D eigenvalue weighted by molar-refractivity contribution is 5.54. The summed E-state index contributed by atoms with van der Waals surface area (Å²) in [4.78, 5) is 17.6. The van der Waals surface area contributed by atoms with Gasteiger partial charge in [0.1, 0.15) is 23.7 Å². The Bertz CT molecular complexity index is 1680. The minimum atomic E-state index is -0.804. The van der Waals surface area contributed by atoms with Gasteiger partial charge >= 0.3 is 5.69 Å². The van der Waals surface area contributed by atoms with Crippen LogP contribution in [0.1, 0.15) is 45.2 Å². The lowest BCUT2D eigenvalue weighted by atomic mass is 9.89.